The minimum atomic E-state index is -0.771. The third-order valence-electron chi connectivity index (χ3n) is 4.39. The van der Waals surface area contributed by atoms with Gasteiger partial charge in [-0.3, -0.25) is 9.59 Å². The molecule has 0 saturated carbocycles. The Labute approximate surface area is 156 Å². The Hall–Kier alpha value is -3.15. The van der Waals surface area contributed by atoms with Crippen LogP contribution in [0.5, 0.6) is 5.75 Å². The number of benzene rings is 2. The fourth-order valence-corrected chi connectivity index (χ4v) is 2.96. The van der Waals surface area contributed by atoms with Gasteiger partial charge < -0.3 is 15.0 Å². The van der Waals surface area contributed by atoms with Crippen molar-refractivity contribution in [2.45, 2.75) is 26.8 Å². The molecular formula is C21H21FN2O3. The SMILES string of the molecule is CC(C)CCn1c(=O)c(C(=O)Nc2cccc(F)c2)c(O)c2ccccc21. The Morgan fingerprint density at radius 2 is 1.93 bits per heavy atom. The average molecular weight is 368 g/mol. The number of nitrogens with one attached hydrogen (secondary N) is 1. The predicted octanol–water partition coefficient (Wildman–Crippen LogP) is 4.14. The van der Waals surface area contributed by atoms with Crippen molar-refractivity contribution in [3.8, 4) is 5.75 Å². The predicted molar refractivity (Wildman–Crippen MR) is 104 cm³/mol. The quantitative estimate of drug-likeness (QED) is 0.711. The van der Waals surface area contributed by atoms with Crippen LogP contribution in [0.25, 0.3) is 10.9 Å². The Morgan fingerprint density at radius 1 is 1.19 bits per heavy atom. The zero-order chi connectivity index (χ0) is 19.6. The van der Waals surface area contributed by atoms with Crippen molar-refractivity contribution in [1.29, 1.82) is 0 Å². The summed E-state index contributed by atoms with van der Waals surface area (Å²) in [6.07, 6.45) is 0.750. The summed E-state index contributed by atoms with van der Waals surface area (Å²) in [5.74, 6) is -1.28. The summed E-state index contributed by atoms with van der Waals surface area (Å²) in [5, 5.41) is 13.5. The lowest BCUT2D eigenvalue weighted by Crippen LogP contribution is -2.30. The first-order chi connectivity index (χ1) is 12.9. The number of aromatic hydroxyl groups is 1. The third-order valence-corrected chi connectivity index (χ3v) is 4.39. The first-order valence-corrected chi connectivity index (χ1v) is 8.80. The molecule has 140 valence electrons. The van der Waals surface area contributed by atoms with Gasteiger partial charge in [0.1, 0.15) is 17.1 Å². The van der Waals surface area contributed by atoms with Crippen LogP contribution in [0.1, 0.15) is 30.6 Å². The zero-order valence-electron chi connectivity index (χ0n) is 15.2. The number of para-hydroxylation sites is 1. The Kier molecular flexibility index (Phi) is 5.26. The second-order valence-electron chi connectivity index (χ2n) is 6.84. The summed E-state index contributed by atoms with van der Waals surface area (Å²) in [7, 11) is 0. The molecule has 0 aliphatic heterocycles. The highest BCUT2D eigenvalue weighted by Crippen LogP contribution is 2.27. The van der Waals surface area contributed by atoms with E-state index >= 15 is 0 Å². The van der Waals surface area contributed by atoms with Crippen molar-refractivity contribution in [2.24, 2.45) is 5.92 Å². The number of aryl methyl sites for hydroxylation is 1. The van der Waals surface area contributed by atoms with Crippen molar-refractivity contribution >= 4 is 22.5 Å². The van der Waals surface area contributed by atoms with Crippen LogP contribution >= 0.6 is 0 Å². The summed E-state index contributed by atoms with van der Waals surface area (Å²) in [5.41, 5.74) is -0.133. The van der Waals surface area contributed by atoms with Crippen molar-refractivity contribution in [1.82, 2.24) is 4.57 Å². The normalized spacial score (nSPS) is 11.1. The highest BCUT2D eigenvalue weighted by molar-refractivity contribution is 6.09. The van der Waals surface area contributed by atoms with Gasteiger partial charge in [-0.2, -0.15) is 0 Å². The summed E-state index contributed by atoms with van der Waals surface area (Å²) in [6, 6.07) is 12.3. The van der Waals surface area contributed by atoms with Gasteiger partial charge >= 0.3 is 0 Å². The van der Waals surface area contributed by atoms with E-state index in [1.807, 2.05) is 13.8 Å². The van der Waals surface area contributed by atoms with Crippen molar-refractivity contribution < 1.29 is 14.3 Å². The summed E-state index contributed by atoms with van der Waals surface area (Å²) < 4.78 is 14.9. The van der Waals surface area contributed by atoms with Gasteiger partial charge in [0.05, 0.1) is 5.52 Å². The summed E-state index contributed by atoms with van der Waals surface area (Å²) in [6.45, 7) is 4.52. The van der Waals surface area contributed by atoms with Gasteiger partial charge in [-0.25, -0.2) is 4.39 Å². The first kappa shape index (κ1) is 18.6. The third kappa shape index (κ3) is 3.84. The van der Waals surface area contributed by atoms with Gasteiger partial charge in [0, 0.05) is 17.6 Å². The first-order valence-electron chi connectivity index (χ1n) is 8.80. The lowest BCUT2D eigenvalue weighted by Gasteiger charge is -2.16. The van der Waals surface area contributed by atoms with E-state index in [1.54, 1.807) is 24.3 Å². The molecule has 0 aliphatic carbocycles. The Balaban J connectivity index is 2.11. The molecule has 1 amide bonds. The molecule has 0 radical (unpaired) electrons. The molecule has 0 aliphatic rings. The van der Waals surface area contributed by atoms with E-state index in [9.17, 15) is 19.1 Å². The molecule has 6 heteroatoms. The second kappa shape index (κ2) is 7.61. The smallest absolute Gasteiger partial charge is 0.267 e. The molecule has 3 rings (SSSR count). The molecule has 0 spiro atoms. The van der Waals surface area contributed by atoms with Crippen LogP contribution in [0.3, 0.4) is 0 Å². The topological polar surface area (TPSA) is 71.3 Å². The molecule has 27 heavy (non-hydrogen) atoms. The van der Waals surface area contributed by atoms with Crippen LogP contribution in [0.4, 0.5) is 10.1 Å². The maximum atomic E-state index is 13.4. The maximum Gasteiger partial charge on any atom is 0.267 e. The number of halogens is 1. The molecule has 5 nitrogen and oxygen atoms in total. The summed E-state index contributed by atoms with van der Waals surface area (Å²) in [4.78, 5) is 25.7. The van der Waals surface area contributed by atoms with Crippen LogP contribution in [0.2, 0.25) is 0 Å². The van der Waals surface area contributed by atoms with Gasteiger partial charge in [0.25, 0.3) is 11.5 Å². The van der Waals surface area contributed by atoms with E-state index in [2.05, 4.69) is 5.32 Å². The van der Waals surface area contributed by atoms with Crippen molar-refractivity contribution in [3.05, 3.63) is 70.3 Å². The molecule has 1 heterocycles. The highest BCUT2D eigenvalue weighted by atomic mass is 19.1. The second-order valence-corrected chi connectivity index (χ2v) is 6.84. The minimum Gasteiger partial charge on any atom is -0.506 e. The van der Waals surface area contributed by atoms with Gasteiger partial charge in [0.2, 0.25) is 0 Å². The van der Waals surface area contributed by atoms with E-state index in [0.717, 1.165) is 12.5 Å². The lowest BCUT2D eigenvalue weighted by molar-refractivity contribution is 0.102. The number of carbonyl (C=O) groups is 1. The van der Waals surface area contributed by atoms with Gasteiger partial charge in [0.15, 0.2) is 0 Å². The monoisotopic (exact) mass is 368 g/mol. The number of pyridine rings is 1. The highest BCUT2D eigenvalue weighted by Gasteiger charge is 2.22. The van der Waals surface area contributed by atoms with Crippen LogP contribution in [0, 0.1) is 11.7 Å². The molecule has 0 bridgehead atoms. The molecular weight excluding hydrogens is 347 g/mol. The molecule has 0 unspecified atom stereocenters. The standard InChI is InChI=1S/C21H21FN2O3/c1-13(2)10-11-24-17-9-4-3-8-16(17)19(25)18(21(24)27)20(26)23-15-7-5-6-14(22)12-15/h3-9,12-13,25H,10-11H2,1-2H3,(H,23,26). The Bertz CT molecular complexity index is 1060. The van der Waals surface area contributed by atoms with E-state index in [0.29, 0.717) is 23.4 Å². The number of hydrogen-bond donors (Lipinski definition) is 2. The number of nitrogens with zero attached hydrogens (tertiary/aromatic N) is 1. The number of aromatic nitrogens is 1. The number of fused-ring (bicyclic) bond motifs is 1. The number of carbonyl (C=O) groups excluding carboxylic acids is 1. The van der Waals surface area contributed by atoms with Crippen molar-refractivity contribution in [3.63, 3.8) is 0 Å². The van der Waals surface area contributed by atoms with E-state index in [4.69, 9.17) is 0 Å². The van der Waals surface area contributed by atoms with E-state index in [-0.39, 0.29) is 17.0 Å². The molecule has 1 aromatic heterocycles. The maximum absolute atomic E-state index is 13.4. The Morgan fingerprint density at radius 3 is 2.63 bits per heavy atom. The van der Waals surface area contributed by atoms with E-state index < -0.39 is 17.3 Å². The molecule has 0 fully saturated rings. The number of amides is 1. The zero-order valence-corrected chi connectivity index (χ0v) is 15.2. The van der Waals surface area contributed by atoms with Gasteiger partial charge in [-0.1, -0.05) is 32.0 Å². The van der Waals surface area contributed by atoms with Crippen LogP contribution in [-0.2, 0) is 6.54 Å². The molecule has 0 atom stereocenters. The molecule has 2 N–H and O–H groups in total. The van der Waals surface area contributed by atoms with Gasteiger partial charge in [-0.05, 0) is 42.7 Å². The van der Waals surface area contributed by atoms with Crippen LogP contribution in [-0.4, -0.2) is 15.6 Å². The van der Waals surface area contributed by atoms with Crippen LogP contribution in [0.15, 0.2) is 53.3 Å². The average Bonchev–Trinajstić information content (AvgIpc) is 2.61. The van der Waals surface area contributed by atoms with Crippen LogP contribution < -0.4 is 10.9 Å². The largest absolute Gasteiger partial charge is 0.506 e. The number of hydrogen-bond acceptors (Lipinski definition) is 3. The number of rotatable bonds is 5. The summed E-state index contributed by atoms with van der Waals surface area (Å²) >= 11 is 0. The minimum absolute atomic E-state index is 0.209. The lowest BCUT2D eigenvalue weighted by atomic mass is 10.1. The van der Waals surface area contributed by atoms with E-state index in [1.165, 1.54) is 22.8 Å². The molecule has 0 saturated heterocycles. The molecule has 3 aromatic rings. The number of anilines is 1. The fraction of sp³-hybridized carbons (Fsp3) is 0.238. The van der Waals surface area contributed by atoms with Crippen molar-refractivity contribution in [2.75, 3.05) is 5.32 Å². The fourth-order valence-electron chi connectivity index (χ4n) is 2.96. The van der Waals surface area contributed by atoms with Gasteiger partial charge in [-0.15, -0.1) is 0 Å². The molecule has 2 aromatic carbocycles.